The summed E-state index contributed by atoms with van der Waals surface area (Å²) in [7, 11) is 0. The van der Waals surface area contributed by atoms with E-state index >= 15 is 0 Å². The molecule has 6 nitrogen and oxygen atoms in total. The highest BCUT2D eigenvalue weighted by molar-refractivity contribution is 6.00. The van der Waals surface area contributed by atoms with Crippen LogP contribution in [0.4, 0.5) is 5.69 Å². The predicted molar refractivity (Wildman–Crippen MR) is 64.2 cm³/mol. The predicted octanol–water partition coefficient (Wildman–Crippen LogP) is 0.137. The van der Waals surface area contributed by atoms with Crippen LogP contribution in [0, 0.1) is 0 Å². The second kappa shape index (κ2) is 4.21. The summed E-state index contributed by atoms with van der Waals surface area (Å²) in [6, 6.07) is 3.64. The lowest BCUT2D eigenvalue weighted by atomic mass is 10.1. The lowest BCUT2D eigenvalue weighted by molar-refractivity contribution is 0.0839. The van der Waals surface area contributed by atoms with Gasteiger partial charge < -0.3 is 20.9 Å². The van der Waals surface area contributed by atoms with Crippen LogP contribution in [0.1, 0.15) is 19.0 Å². The van der Waals surface area contributed by atoms with Crippen LogP contribution in [0.2, 0.25) is 0 Å². The summed E-state index contributed by atoms with van der Waals surface area (Å²) in [5, 5.41) is 21.6. The van der Waals surface area contributed by atoms with E-state index < -0.39 is 5.60 Å². The zero-order valence-corrected chi connectivity index (χ0v) is 9.67. The third kappa shape index (κ3) is 2.31. The van der Waals surface area contributed by atoms with E-state index in [0.717, 1.165) is 12.2 Å². The van der Waals surface area contributed by atoms with E-state index in [0.29, 0.717) is 18.7 Å². The van der Waals surface area contributed by atoms with Gasteiger partial charge in [0.2, 0.25) is 0 Å². The molecule has 1 unspecified atom stereocenters. The number of aromatic nitrogens is 1. The van der Waals surface area contributed by atoms with Crippen molar-refractivity contribution >= 4 is 11.5 Å². The van der Waals surface area contributed by atoms with E-state index in [-0.39, 0.29) is 5.84 Å². The quantitative estimate of drug-likeness (QED) is 0.294. The Balaban J connectivity index is 2.33. The van der Waals surface area contributed by atoms with Crippen molar-refractivity contribution in [2.75, 3.05) is 18.0 Å². The Bertz CT molecular complexity index is 445. The fourth-order valence-electron chi connectivity index (χ4n) is 2.05. The molecular formula is C11H16N4O2. The molecule has 17 heavy (non-hydrogen) atoms. The number of hydrogen-bond donors (Lipinski definition) is 3. The van der Waals surface area contributed by atoms with E-state index in [1.807, 2.05) is 11.0 Å². The first kappa shape index (κ1) is 11.7. The maximum Gasteiger partial charge on any atom is 0.190 e. The monoisotopic (exact) mass is 236 g/mol. The van der Waals surface area contributed by atoms with Gasteiger partial charge in [0.05, 0.1) is 11.3 Å². The van der Waals surface area contributed by atoms with Gasteiger partial charge in [-0.3, -0.25) is 4.98 Å². The van der Waals surface area contributed by atoms with Gasteiger partial charge in [0.1, 0.15) is 5.69 Å². The van der Waals surface area contributed by atoms with Gasteiger partial charge in [0.25, 0.3) is 0 Å². The Morgan fingerprint density at radius 2 is 2.41 bits per heavy atom. The van der Waals surface area contributed by atoms with Crippen molar-refractivity contribution in [3.63, 3.8) is 0 Å². The van der Waals surface area contributed by atoms with Gasteiger partial charge in [-0.25, -0.2) is 0 Å². The molecule has 1 fully saturated rings. The lowest BCUT2D eigenvalue weighted by Gasteiger charge is -2.22. The van der Waals surface area contributed by atoms with E-state index in [1.165, 1.54) is 0 Å². The standard InChI is InChI=1S/C11H16N4O2/c1-11(16)4-6-15(7-11)8-3-2-5-13-9(8)10(12)14-17/h2-3,5,16-17H,4,6-7H2,1H3,(H2,12,14). The molecule has 0 radical (unpaired) electrons. The Labute approximate surface area is 99.4 Å². The Morgan fingerprint density at radius 3 is 3.00 bits per heavy atom. The van der Waals surface area contributed by atoms with Crippen molar-refractivity contribution in [3.05, 3.63) is 24.0 Å². The number of rotatable bonds is 2. The zero-order valence-electron chi connectivity index (χ0n) is 9.67. The second-order valence-corrected chi connectivity index (χ2v) is 4.52. The molecule has 0 aromatic carbocycles. The van der Waals surface area contributed by atoms with Crippen molar-refractivity contribution in [2.45, 2.75) is 18.9 Å². The van der Waals surface area contributed by atoms with Gasteiger partial charge in [-0.15, -0.1) is 0 Å². The van der Waals surface area contributed by atoms with Gasteiger partial charge in [0, 0.05) is 19.3 Å². The summed E-state index contributed by atoms with van der Waals surface area (Å²) in [6.45, 7) is 3.04. The molecular weight excluding hydrogens is 220 g/mol. The number of hydrogen-bond acceptors (Lipinski definition) is 5. The molecule has 6 heteroatoms. The number of aliphatic hydroxyl groups is 1. The van der Waals surface area contributed by atoms with Gasteiger partial charge in [-0.1, -0.05) is 5.16 Å². The number of amidine groups is 1. The smallest absolute Gasteiger partial charge is 0.190 e. The second-order valence-electron chi connectivity index (χ2n) is 4.52. The average Bonchev–Trinajstić information content (AvgIpc) is 2.68. The van der Waals surface area contributed by atoms with Crippen molar-refractivity contribution < 1.29 is 10.3 Å². The van der Waals surface area contributed by atoms with Crippen molar-refractivity contribution in [2.24, 2.45) is 10.9 Å². The maximum absolute atomic E-state index is 9.94. The minimum Gasteiger partial charge on any atom is -0.409 e. The molecule has 0 spiro atoms. The first-order valence-electron chi connectivity index (χ1n) is 5.44. The van der Waals surface area contributed by atoms with Crippen LogP contribution in [0.25, 0.3) is 0 Å². The average molecular weight is 236 g/mol. The van der Waals surface area contributed by atoms with Crippen LogP contribution < -0.4 is 10.6 Å². The Morgan fingerprint density at radius 1 is 1.65 bits per heavy atom. The zero-order chi connectivity index (χ0) is 12.5. The van der Waals surface area contributed by atoms with E-state index in [1.54, 1.807) is 19.2 Å². The van der Waals surface area contributed by atoms with Crippen molar-refractivity contribution in [1.82, 2.24) is 4.98 Å². The molecule has 92 valence electrons. The van der Waals surface area contributed by atoms with Crippen LogP contribution >= 0.6 is 0 Å². The molecule has 0 saturated carbocycles. The van der Waals surface area contributed by atoms with Gasteiger partial charge in [0.15, 0.2) is 5.84 Å². The summed E-state index contributed by atoms with van der Waals surface area (Å²) in [5.74, 6) is -0.0212. The van der Waals surface area contributed by atoms with E-state index in [4.69, 9.17) is 10.9 Å². The highest BCUT2D eigenvalue weighted by Crippen LogP contribution is 2.27. The van der Waals surface area contributed by atoms with Crippen molar-refractivity contribution in [1.29, 1.82) is 0 Å². The first-order valence-corrected chi connectivity index (χ1v) is 5.44. The highest BCUT2D eigenvalue weighted by atomic mass is 16.4. The molecule has 1 aliphatic heterocycles. The summed E-state index contributed by atoms with van der Waals surface area (Å²) >= 11 is 0. The fourth-order valence-corrected chi connectivity index (χ4v) is 2.05. The molecule has 1 aliphatic rings. The molecule has 0 aliphatic carbocycles. The number of β-amino-alcohol motifs (C(OH)–C–C–N with tert-alkyl or cyclic N) is 1. The molecule has 1 saturated heterocycles. The first-order chi connectivity index (χ1) is 8.03. The molecule has 0 bridgehead atoms. The normalized spacial score (nSPS) is 25.3. The van der Waals surface area contributed by atoms with E-state index in [9.17, 15) is 5.11 Å². The summed E-state index contributed by atoms with van der Waals surface area (Å²) in [4.78, 5) is 6.09. The molecule has 0 amide bonds. The minimum absolute atomic E-state index is 0.0212. The third-order valence-electron chi connectivity index (χ3n) is 2.93. The van der Waals surface area contributed by atoms with Crippen LogP contribution in [0.15, 0.2) is 23.5 Å². The fraction of sp³-hybridized carbons (Fsp3) is 0.455. The van der Waals surface area contributed by atoms with Crippen LogP contribution in [0.5, 0.6) is 0 Å². The highest BCUT2D eigenvalue weighted by Gasteiger charge is 2.32. The van der Waals surface area contributed by atoms with Crippen LogP contribution in [-0.4, -0.2) is 39.8 Å². The third-order valence-corrected chi connectivity index (χ3v) is 2.93. The largest absolute Gasteiger partial charge is 0.409 e. The number of oxime groups is 1. The molecule has 1 atom stereocenters. The van der Waals surface area contributed by atoms with Crippen LogP contribution in [-0.2, 0) is 0 Å². The number of nitrogens with zero attached hydrogens (tertiary/aromatic N) is 3. The minimum atomic E-state index is -0.696. The van der Waals surface area contributed by atoms with Gasteiger partial charge in [-0.05, 0) is 25.5 Å². The van der Waals surface area contributed by atoms with E-state index in [2.05, 4.69) is 10.1 Å². The Kier molecular flexibility index (Phi) is 2.89. The number of anilines is 1. The van der Waals surface area contributed by atoms with Gasteiger partial charge >= 0.3 is 0 Å². The number of pyridine rings is 1. The van der Waals surface area contributed by atoms with Gasteiger partial charge in [-0.2, -0.15) is 0 Å². The molecule has 2 rings (SSSR count). The van der Waals surface area contributed by atoms with Crippen LogP contribution in [0.3, 0.4) is 0 Å². The summed E-state index contributed by atoms with van der Waals surface area (Å²) in [6.07, 6.45) is 2.28. The molecule has 1 aromatic rings. The number of nitrogens with two attached hydrogens (primary N) is 1. The molecule has 4 N–H and O–H groups in total. The summed E-state index contributed by atoms with van der Waals surface area (Å²) < 4.78 is 0. The Hall–Kier alpha value is -1.82. The van der Waals surface area contributed by atoms with Crippen molar-refractivity contribution in [3.8, 4) is 0 Å². The summed E-state index contributed by atoms with van der Waals surface area (Å²) in [5.41, 5.74) is 6.10. The lowest BCUT2D eigenvalue weighted by Crippen LogP contribution is -2.31. The molecule has 1 aromatic heterocycles. The molecule has 2 heterocycles. The SMILES string of the molecule is CC1(O)CCN(c2cccnc2/C(N)=N/O)C1. The topological polar surface area (TPSA) is 95.0 Å². The maximum atomic E-state index is 9.94.